The summed E-state index contributed by atoms with van der Waals surface area (Å²) in [6, 6.07) is 6.72. The van der Waals surface area contributed by atoms with Gasteiger partial charge in [0.05, 0.1) is 10.6 Å². The second kappa shape index (κ2) is 7.29. The van der Waals surface area contributed by atoms with E-state index in [-0.39, 0.29) is 5.91 Å². The van der Waals surface area contributed by atoms with Crippen LogP contribution in [0.1, 0.15) is 48.9 Å². The number of rotatable bonds is 4. The largest absolute Gasteiger partial charge is 0.273 e. The third-order valence-electron chi connectivity index (χ3n) is 3.69. The molecular formula is C15H19ClN2O2. The van der Waals surface area contributed by atoms with Gasteiger partial charge in [-0.25, -0.2) is 0 Å². The minimum atomic E-state index is -0.398. The Hall–Kier alpha value is -1.55. The summed E-state index contributed by atoms with van der Waals surface area (Å²) in [6.07, 6.45) is 6.34. The minimum Gasteiger partial charge on any atom is -0.273 e. The summed E-state index contributed by atoms with van der Waals surface area (Å²) in [6.45, 7) is 0. The van der Waals surface area contributed by atoms with Crippen molar-refractivity contribution < 1.29 is 9.59 Å². The lowest BCUT2D eigenvalue weighted by Gasteiger charge is -2.10. The Balaban J connectivity index is 1.72. The van der Waals surface area contributed by atoms with Crippen LogP contribution in [0.15, 0.2) is 24.3 Å². The standard InChI is InChI=1S/C15H19ClN2O2/c16-13-8-4-3-7-12(13)15(20)18-17-14(19)10-9-11-5-1-2-6-11/h3-4,7-8,11H,1-2,5-6,9-10H2,(H,17,19)(H,18,20). The van der Waals surface area contributed by atoms with Crippen LogP contribution in [0.3, 0.4) is 0 Å². The van der Waals surface area contributed by atoms with E-state index in [1.165, 1.54) is 25.7 Å². The first-order valence-electron chi connectivity index (χ1n) is 7.00. The van der Waals surface area contributed by atoms with E-state index in [4.69, 9.17) is 11.6 Å². The molecule has 1 aromatic rings. The van der Waals surface area contributed by atoms with Crippen molar-refractivity contribution in [2.75, 3.05) is 0 Å². The van der Waals surface area contributed by atoms with Crippen LogP contribution in [0.25, 0.3) is 0 Å². The van der Waals surface area contributed by atoms with Gasteiger partial charge in [0.2, 0.25) is 5.91 Å². The highest BCUT2D eigenvalue weighted by Crippen LogP contribution is 2.28. The van der Waals surface area contributed by atoms with Gasteiger partial charge in [-0.1, -0.05) is 49.4 Å². The zero-order valence-electron chi connectivity index (χ0n) is 11.3. The molecule has 108 valence electrons. The van der Waals surface area contributed by atoms with Crippen molar-refractivity contribution in [3.63, 3.8) is 0 Å². The van der Waals surface area contributed by atoms with E-state index in [0.717, 1.165) is 6.42 Å². The molecule has 2 amide bonds. The van der Waals surface area contributed by atoms with Gasteiger partial charge in [-0.05, 0) is 24.5 Å². The smallest absolute Gasteiger partial charge is 0.271 e. The van der Waals surface area contributed by atoms with Crippen molar-refractivity contribution in [1.29, 1.82) is 0 Å². The van der Waals surface area contributed by atoms with Crippen LogP contribution in [0.4, 0.5) is 0 Å². The van der Waals surface area contributed by atoms with Gasteiger partial charge in [0.25, 0.3) is 5.91 Å². The molecule has 0 atom stereocenters. The van der Waals surface area contributed by atoms with Crippen LogP contribution in [0.2, 0.25) is 5.02 Å². The summed E-state index contributed by atoms with van der Waals surface area (Å²) >= 11 is 5.91. The van der Waals surface area contributed by atoms with Gasteiger partial charge in [0.15, 0.2) is 0 Å². The van der Waals surface area contributed by atoms with Crippen LogP contribution >= 0.6 is 11.6 Å². The second-order valence-electron chi connectivity index (χ2n) is 5.17. The number of nitrogens with one attached hydrogen (secondary N) is 2. The summed E-state index contributed by atoms with van der Waals surface area (Å²) < 4.78 is 0. The molecule has 2 N–H and O–H groups in total. The number of carbonyl (C=O) groups is 2. The number of hydrogen-bond acceptors (Lipinski definition) is 2. The van der Waals surface area contributed by atoms with Gasteiger partial charge in [0, 0.05) is 6.42 Å². The molecule has 1 aliphatic carbocycles. The first-order chi connectivity index (χ1) is 9.66. The molecule has 1 aliphatic rings. The molecule has 0 heterocycles. The molecule has 1 fully saturated rings. The Morgan fingerprint density at radius 3 is 2.55 bits per heavy atom. The highest BCUT2D eigenvalue weighted by molar-refractivity contribution is 6.33. The third kappa shape index (κ3) is 4.23. The Labute approximate surface area is 123 Å². The highest BCUT2D eigenvalue weighted by atomic mass is 35.5. The lowest BCUT2D eigenvalue weighted by Crippen LogP contribution is -2.41. The minimum absolute atomic E-state index is 0.155. The predicted molar refractivity (Wildman–Crippen MR) is 78.3 cm³/mol. The average molecular weight is 295 g/mol. The molecule has 4 nitrogen and oxygen atoms in total. The van der Waals surface area contributed by atoms with E-state index in [1.807, 2.05) is 0 Å². The fraction of sp³-hybridized carbons (Fsp3) is 0.467. The molecule has 0 spiro atoms. The van der Waals surface area contributed by atoms with Crippen molar-refractivity contribution in [2.24, 2.45) is 5.92 Å². The zero-order chi connectivity index (χ0) is 14.4. The fourth-order valence-electron chi connectivity index (χ4n) is 2.54. The maximum atomic E-state index is 11.8. The van der Waals surface area contributed by atoms with E-state index in [1.54, 1.807) is 24.3 Å². The number of hydrogen-bond donors (Lipinski definition) is 2. The lowest BCUT2D eigenvalue weighted by molar-refractivity contribution is -0.122. The lowest BCUT2D eigenvalue weighted by atomic mass is 10.0. The van der Waals surface area contributed by atoms with Crippen molar-refractivity contribution in [3.8, 4) is 0 Å². The molecule has 1 saturated carbocycles. The van der Waals surface area contributed by atoms with E-state index < -0.39 is 5.91 Å². The molecule has 0 bridgehead atoms. The van der Waals surface area contributed by atoms with Gasteiger partial charge in [-0.15, -0.1) is 0 Å². The number of halogens is 1. The molecular weight excluding hydrogens is 276 g/mol. The zero-order valence-corrected chi connectivity index (χ0v) is 12.1. The molecule has 0 unspecified atom stereocenters. The molecule has 0 aromatic heterocycles. The fourth-order valence-corrected chi connectivity index (χ4v) is 2.76. The van der Waals surface area contributed by atoms with Crippen LogP contribution in [-0.2, 0) is 4.79 Å². The first-order valence-corrected chi connectivity index (χ1v) is 7.38. The highest BCUT2D eigenvalue weighted by Gasteiger charge is 2.16. The van der Waals surface area contributed by atoms with Crippen LogP contribution < -0.4 is 10.9 Å². The van der Waals surface area contributed by atoms with E-state index in [0.29, 0.717) is 22.9 Å². The van der Waals surface area contributed by atoms with Crippen molar-refractivity contribution in [2.45, 2.75) is 38.5 Å². The predicted octanol–water partition coefficient (Wildman–Crippen LogP) is 3.07. The van der Waals surface area contributed by atoms with Crippen molar-refractivity contribution >= 4 is 23.4 Å². The van der Waals surface area contributed by atoms with Gasteiger partial charge in [-0.2, -0.15) is 0 Å². The Morgan fingerprint density at radius 2 is 1.85 bits per heavy atom. The summed E-state index contributed by atoms with van der Waals surface area (Å²) in [5.41, 5.74) is 5.18. The van der Waals surface area contributed by atoms with Crippen molar-refractivity contribution in [3.05, 3.63) is 34.9 Å². The Kier molecular flexibility index (Phi) is 5.41. The summed E-state index contributed by atoms with van der Waals surface area (Å²) in [5.74, 6) is 0.113. The van der Waals surface area contributed by atoms with E-state index in [2.05, 4.69) is 10.9 Å². The molecule has 20 heavy (non-hydrogen) atoms. The average Bonchev–Trinajstić information content (AvgIpc) is 2.96. The Bertz CT molecular complexity index is 485. The number of benzene rings is 1. The summed E-state index contributed by atoms with van der Waals surface area (Å²) in [7, 11) is 0. The molecule has 1 aromatic carbocycles. The Morgan fingerprint density at radius 1 is 1.15 bits per heavy atom. The number of hydrazine groups is 1. The third-order valence-corrected chi connectivity index (χ3v) is 4.02. The first kappa shape index (κ1) is 14.9. The number of carbonyl (C=O) groups excluding carboxylic acids is 2. The van der Waals surface area contributed by atoms with Crippen LogP contribution in [0, 0.1) is 5.92 Å². The second-order valence-corrected chi connectivity index (χ2v) is 5.58. The van der Waals surface area contributed by atoms with Crippen molar-refractivity contribution in [1.82, 2.24) is 10.9 Å². The van der Waals surface area contributed by atoms with Gasteiger partial charge < -0.3 is 0 Å². The van der Waals surface area contributed by atoms with E-state index >= 15 is 0 Å². The van der Waals surface area contributed by atoms with Gasteiger partial charge in [0.1, 0.15) is 0 Å². The molecule has 2 rings (SSSR count). The van der Waals surface area contributed by atoms with Gasteiger partial charge in [-0.3, -0.25) is 20.4 Å². The number of amides is 2. The quantitative estimate of drug-likeness (QED) is 0.839. The normalized spacial score (nSPS) is 15.1. The summed E-state index contributed by atoms with van der Waals surface area (Å²) in [5, 5.41) is 0.366. The summed E-state index contributed by atoms with van der Waals surface area (Å²) in [4.78, 5) is 23.5. The van der Waals surface area contributed by atoms with E-state index in [9.17, 15) is 9.59 Å². The molecule has 5 heteroatoms. The van der Waals surface area contributed by atoms with Gasteiger partial charge >= 0.3 is 0 Å². The van der Waals surface area contributed by atoms with Crippen LogP contribution in [-0.4, -0.2) is 11.8 Å². The SMILES string of the molecule is O=C(CCC1CCCC1)NNC(=O)c1ccccc1Cl. The molecule has 0 radical (unpaired) electrons. The topological polar surface area (TPSA) is 58.2 Å². The van der Waals surface area contributed by atoms with Crippen LogP contribution in [0.5, 0.6) is 0 Å². The molecule has 0 saturated heterocycles. The maximum Gasteiger partial charge on any atom is 0.271 e. The molecule has 0 aliphatic heterocycles. The maximum absolute atomic E-state index is 11.8. The monoisotopic (exact) mass is 294 g/mol.